The quantitative estimate of drug-likeness (QED) is 0.345. The first-order valence-electron chi connectivity index (χ1n) is 5.87. The zero-order chi connectivity index (χ0) is 14.5. The van der Waals surface area contributed by atoms with Gasteiger partial charge in [-0.25, -0.2) is 4.98 Å². The summed E-state index contributed by atoms with van der Waals surface area (Å²) in [7, 11) is 0. The van der Waals surface area contributed by atoms with Gasteiger partial charge in [-0.1, -0.05) is 35.5 Å². The molecule has 0 saturated heterocycles. The lowest BCUT2D eigenvalue weighted by Gasteiger charge is -2.17. The number of amides is 1. The Kier molecular flexibility index (Phi) is 4.31. The number of hydrogen-bond acceptors (Lipinski definition) is 5. The number of nitrogens with two attached hydrogens (primary N) is 1. The zero-order valence-corrected chi connectivity index (χ0v) is 11.6. The summed E-state index contributed by atoms with van der Waals surface area (Å²) >= 11 is 1.39. The third kappa shape index (κ3) is 3.12. The van der Waals surface area contributed by atoms with Crippen molar-refractivity contribution in [2.24, 2.45) is 10.9 Å². The summed E-state index contributed by atoms with van der Waals surface area (Å²) < 4.78 is 0. The molecule has 2 aromatic rings. The Morgan fingerprint density at radius 2 is 2.15 bits per heavy atom. The van der Waals surface area contributed by atoms with Gasteiger partial charge in [-0.3, -0.25) is 4.79 Å². The molecule has 1 unspecified atom stereocenters. The van der Waals surface area contributed by atoms with Gasteiger partial charge < -0.3 is 16.3 Å². The molecule has 7 heteroatoms. The Hall–Kier alpha value is -2.41. The first kappa shape index (κ1) is 14.0. The summed E-state index contributed by atoms with van der Waals surface area (Å²) in [6.45, 7) is 1.82. The van der Waals surface area contributed by atoms with Gasteiger partial charge in [-0.2, -0.15) is 0 Å². The molecule has 0 saturated carbocycles. The van der Waals surface area contributed by atoms with Crippen molar-refractivity contribution in [2.45, 2.75) is 13.0 Å². The van der Waals surface area contributed by atoms with E-state index in [1.807, 2.05) is 25.1 Å². The summed E-state index contributed by atoms with van der Waals surface area (Å²) in [4.78, 5) is 16.2. The summed E-state index contributed by atoms with van der Waals surface area (Å²) in [5.41, 5.74) is 6.69. The number of carbonyl (C=O) groups excluding carboxylic acids is 1. The van der Waals surface area contributed by atoms with Crippen LogP contribution < -0.4 is 11.1 Å². The third-order valence-electron chi connectivity index (χ3n) is 2.67. The maximum Gasteiger partial charge on any atom is 0.271 e. The fraction of sp³-hybridized carbons (Fsp3) is 0.154. The molecular formula is C13H14N4O2S. The van der Waals surface area contributed by atoms with Gasteiger partial charge in [0, 0.05) is 5.38 Å². The van der Waals surface area contributed by atoms with E-state index in [0.29, 0.717) is 5.69 Å². The number of rotatable bonds is 4. The molecule has 20 heavy (non-hydrogen) atoms. The van der Waals surface area contributed by atoms with Crippen molar-refractivity contribution in [2.75, 3.05) is 0 Å². The smallest absolute Gasteiger partial charge is 0.271 e. The van der Waals surface area contributed by atoms with Crippen LogP contribution in [0.25, 0.3) is 0 Å². The minimum absolute atomic E-state index is 0.0866. The molecule has 2 rings (SSSR count). The number of amidine groups is 1. The fourth-order valence-electron chi connectivity index (χ4n) is 1.70. The normalized spacial score (nSPS) is 12.9. The van der Waals surface area contributed by atoms with Gasteiger partial charge in [0.2, 0.25) is 0 Å². The highest BCUT2D eigenvalue weighted by Crippen LogP contribution is 2.15. The molecule has 0 bridgehead atoms. The highest BCUT2D eigenvalue weighted by molar-refractivity contribution is 7.09. The van der Waals surface area contributed by atoms with Crippen LogP contribution in [0.1, 0.15) is 27.1 Å². The lowest BCUT2D eigenvalue weighted by Crippen LogP contribution is -2.37. The molecule has 1 heterocycles. The van der Waals surface area contributed by atoms with Gasteiger partial charge in [0.25, 0.3) is 5.91 Å². The van der Waals surface area contributed by atoms with Crippen molar-refractivity contribution in [3.63, 3.8) is 0 Å². The molecule has 0 aliphatic heterocycles. The third-order valence-corrected chi connectivity index (χ3v) is 3.44. The minimum Gasteiger partial charge on any atom is -0.409 e. The van der Waals surface area contributed by atoms with Crippen LogP contribution in [0.5, 0.6) is 0 Å². The van der Waals surface area contributed by atoms with Gasteiger partial charge in [0.15, 0.2) is 5.84 Å². The molecule has 1 aromatic heterocycles. The van der Waals surface area contributed by atoms with E-state index in [-0.39, 0.29) is 11.7 Å². The molecule has 6 nitrogen and oxygen atoms in total. The van der Waals surface area contributed by atoms with E-state index in [1.54, 1.807) is 17.5 Å². The van der Waals surface area contributed by atoms with E-state index in [1.165, 1.54) is 11.3 Å². The average Bonchev–Trinajstić information content (AvgIpc) is 2.91. The van der Waals surface area contributed by atoms with Gasteiger partial charge in [0.1, 0.15) is 11.7 Å². The molecule has 1 aromatic carbocycles. The predicted octanol–water partition coefficient (Wildman–Crippen LogP) is 1.67. The summed E-state index contributed by atoms with van der Waals surface area (Å²) in [6, 6.07) is 8.34. The Balaban J connectivity index is 2.23. The number of aryl methyl sites for hydroxylation is 1. The van der Waals surface area contributed by atoms with Crippen LogP contribution in [0.3, 0.4) is 0 Å². The van der Waals surface area contributed by atoms with E-state index < -0.39 is 6.04 Å². The minimum atomic E-state index is -0.698. The van der Waals surface area contributed by atoms with Gasteiger partial charge in [0.05, 0.1) is 5.01 Å². The summed E-state index contributed by atoms with van der Waals surface area (Å²) in [5, 5.41) is 17.0. The Bertz CT molecular complexity index is 624. The van der Waals surface area contributed by atoms with Crippen LogP contribution in [0.2, 0.25) is 0 Å². The van der Waals surface area contributed by atoms with E-state index in [0.717, 1.165) is 10.6 Å². The molecule has 104 valence electrons. The highest BCUT2D eigenvalue weighted by atomic mass is 32.1. The van der Waals surface area contributed by atoms with Crippen LogP contribution in [0.15, 0.2) is 40.9 Å². The van der Waals surface area contributed by atoms with Crippen molar-refractivity contribution < 1.29 is 10.0 Å². The number of carbonyl (C=O) groups is 1. The number of thiazole rings is 1. The molecule has 0 spiro atoms. The summed E-state index contributed by atoms with van der Waals surface area (Å²) in [5.74, 6) is -0.452. The lowest BCUT2D eigenvalue weighted by atomic mass is 10.1. The molecular weight excluding hydrogens is 276 g/mol. The van der Waals surface area contributed by atoms with Crippen molar-refractivity contribution >= 4 is 23.1 Å². The van der Waals surface area contributed by atoms with Crippen LogP contribution in [-0.2, 0) is 0 Å². The number of aromatic nitrogens is 1. The van der Waals surface area contributed by atoms with Crippen LogP contribution in [-0.4, -0.2) is 21.9 Å². The van der Waals surface area contributed by atoms with Gasteiger partial charge in [-0.05, 0) is 12.5 Å². The van der Waals surface area contributed by atoms with Gasteiger partial charge >= 0.3 is 0 Å². The first-order chi connectivity index (χ1) is 9.61. The molecule has 0 radical (unpaired) electrons. The van der Waals surface area contributed by atoms with Crippen molar-refractivity contribution in [1.82, 2.24) is 10.3 Å². The van der Waals surface area contributed by atoms with E-state index in [9.17, 15) is 4.79 Å². The van der Waals surface area contributed by atoms with Crippen LogP contribution in [0.4, 0.5) is 0 Å². The number of nitrogens with one attached hydrogen (secondary N) is 1. The lowest BCUT2D eigenvalue weighted by molar-refractivity contribution is 0.0941. The monoisotopic (exact) mass is 290 g/mol. The second kappa shape index (κ2) is 6.16. The fourth-order valence-corrected chi connectivity index (χ4v) is 2.30. The predicted molar refractivity (Wildman–Crippen MR) is 76.9 cm³/mol. The maximum absolute atomic E-state index is 12.1. The van der Waals surface area contributed by atoms with Crippen molar-refractivity contribution in [1.29, 1.82) is 0 Å². The SMILES string of the molecule is Cc1nc(C(=O)NC(C(N)=NO)c2ccccc2)cs1. The second-order valence-electron chi connectivity index (χ2n) is 4.09. The average molecular weight is 290 g/mol. The Morgan fingerprint density at radius 1 is 1.45 bits per heavy atom. The Morgan fingerprint density at radius 3 is 2.70 bits per heavy atom. The zero-order valence-electron chi connectivity index (χ0n) is 10.8. The number of nitrogens with zero attached hydrogens (tertiary/aromatic N) is 2. The standard InChI is InChI=1S/C13H14N4O2S/c1-8-15-10(7-20-8)13(18)16-11(12(14)17-19)9-5-3-2-4-6-9/h2-7,11,19H,1H3,(H2,14,17)(H,16,18). The molecule has 4 N–H and O–H groups in total. The van der Waals surface area contributed by atoms with Crippen molar-refractivity contribution in [3.8, 4) is 0 Å². The van der Waals surface area contributed by atoms with Crippen molar-refractivity contribution in [3.05, 3.63) is 52.0 Å². The number of oxime groups is 1. The van der Waals surface area contributed by atoms with E-state index >= 15 is 0 Å². The highest BCUT2D eigenvalue weighted by Gasteiger charge is 2.21. The Labute approximate surface area is 120 Å². The molecule has 0 fully saturated rings. The summed E-state index contributed by atoms with van der Waals surface area (Å²) in [6.07, 6.45) is 0. The van der Waals surface area contributed by atoms with Crippen LogP contribution >= 0.6 is 11.3 Å². The topological polar surface area (TPSA) is 101 Å². The van der Waals surface area contributed by atoms with E-state index in [4.69, 9.17) is 10.9 Å². The second-order valence-corrected chi connectivity index (χ2v) is 5.16. The van der Waals surface area contributed by atoms with Crippen LogP contribution in [0, 0.1) is 6.92 Å². The largest absolute Gasteiger partial charge is 0.409 e. The van der Waals surface area contributed by atoms with Gasteiger partial charge in [-0.15, -0.1) is 11.3 Å². The maximum atomic E-state index is 12.1. The molecule has 1 amide bonds. The first-order valence-corrected chi connectivity index (χ1v) is 6.75. The molecule has 1 atom stereocenters. The van der Waals surface area contributed by atoms with E-state index in [2.05, 4.69) is 15.5 Å². The molecule has 0 aliphatic carbocycles. The molecule has 0 aliphatic rings. The number of benzene rings is 1. The number of hydrogen-bond donors (Lipinski definition) is 3.